The molecule has 0 aliphatic rings. The number of hydrogen-bond acceptors (Lipinski definition) is 5. The number of H-pyrrole nitrogens is 1. The maximum Gasteiger partial charge on any atom is 0.251 e. The smallest absolute Gasteiger partial charge is 0.251 e. The molecule has 1 amide bonds. The van der Waals surface area contributed by atoms with Crippen LogP contribution in [-0.4, -0.2) is 30.8 Å². The third kappa shape index (κ3) is 5.62. The minimum atomic E-state index is -3.65. The quantitative estimate of drug-likeness (QED) is 0.510. The number of sulfonamides is 1. The summed E-state index contributed by atoms with van der Waals surface area (Å²) in [5, 5.41) is 2.73. The van der Waals surface area contributed by atoms with Gasteiger partial charge in [0.2, 0.25) is 15.9 Å². The van der Waals surface area contributed by atoms with E-state index in [1.807, 2.05) is 6.92 Å². The normalized spacial score (nSPS) is 11.2. The summed E-state index contributed by atoms with van der Waals surface area (Å²) in [6, 6.07) is 16.3. The second-order valence-electron chi connectivity index (χ2n) is 6.53. The Labute approximate surface area is 174 Å². The average Bonchev–Trinajstić information content (AvgIpc) is 2.74. The molecule has 0 aliphatic carbocycles. The molecule has 0 aliphatic heterocycles. The highest BCUT2D eigenvalue weighted by Crippen LogP contribution is 2.19. The zero-order valence-electron chi connectivity index (χ0n) is 16.4. The molecule has 3 aromatic rings. The first-order valence-electron chi connectivity index (χ1n) is 9.42. The Balaban J connectivity index is 1.62. The summed E-state index contributed by atoms with van der Waals surface area (Å²) in [5.41, 5.74) is 1.61. The molecule has 30 heavy (non-hydrogen) atoms. The van der Waals surface area contributed by atoms with Crippen LogP contribution >= 0.6 is 0 Å². The van der Waals surface area contributed by atoms with Crippen molar-refractivity contribution in [3.05, 3.63) is 76.7 Å². The summed E-state index contributed by atoms with van der Waals surface area (Å²) in [7, 11) is -3.65. The number of anilines is 1. The van der Waals surface area contributed by atoms with Gasteiger partial charge >= 0.3 is 0 Å². The summed E-state index contributed by atoms with van der Waals surface area (Å²) >= 11 is 0. The lowest BCUT2D eigenvalue weighted by Gasteiger charge is -2.09. The Morgan fingerprint density at radius 3 is 2.57 bits per heavy atom. The topological polar surface area (TPSA) is 121 Å². The van der Waals surface area contributed by atoms with Crippen LogP contribution < -0.4 is 15.6 Å². The number of rotatable bonds is 8. The molecule has 0 bridgehead atoms. The van der Waals surface area contributed by atoms with Crippen LogP contribution in [-0.2, 0) is 21.2 Å². The van der Waals surface area contributed by atoms with Gasteiger partial charge < -0.3 is 10.3 Å². The molecule has 0 saturated heterocycles. The highest BCUT2D eigenvalue weighted by Gasteiger charge is 2.13. The molecular formula is C21H22N4O4S. The fraction of sp³-hybridized carbons (Fsp3) is 0.190. The van der Waals surface area contributed by atoms with E-state index in [1.54, 1.807) is 42.5 Å². The van der Waals surface area contributed by atoms with Gasteiger partial charge in [-0.15, -0.1) is 0 Å². The van der Waals surface area contributed by atoms with E-state index >= 15 is 0 Å². The predicted molar refractivity (Wildman–Crippen MR) is 115 cm³/mol. The van der Waals surface area contributed by atoms with Crippen molar-refractivity contribution in [2.75, 3.05) is 11.9 Å². The van der Waals surface area contributed by atoms with Crippen molar-refractivity contribution in [3.63, 3.8) is 0 Å². The Morgan fingerprint density at radius 2 is 1.83 bits per heavy atom. The summed E-state index contributed by atoms with van der Waals surface area (Å²) in [6.45, 7) is 1.88. The molecule has 0 radical (unpaired) electrons. The lowest BCUT2D eigenvalue weighted by atomic mass is 10.1. The maximum atomic E-state index is 12.2. The highest BCUT2D eigenvalue weighted by molar-refractivity contribution is 7.89. The van der Waals surface area contributed by atoms with E-state index in [0.717, 1.165) is 0 Å². The van der Waals surface area contributed by atoms with Gasteiger partial charge in [0.1, 0.15) is 5.82 Å². The minimum absolute atomic E-state index is 0.0311. The molecule has 0 spiro atoms. The van der Waals surface area contributed by atoms with E-state index in [9.17, 15) is 18.0 Å². The first-order valence-corrected chi connectivity index (χ1v) is 10.9. The van der Waals surface area contributed by atoms with Gasteiger partial charge in [-0.3, -0.25) is 9.59 Å². The molecule has 3 N–H and O–H groups in total. The summed E-state index contributed by atoms with van der Waals surface area (Å²) in [6.07, 6.45) is 0.600. The molecule has 2 aromatic carbocycles. The summed E-state index contributed by atoms with van der Waals surface area (Å²) < 4.78 is 26.8. The lowest BCUT2D eigenvalue weighted by Crippen LogP contribution is -2.27. The van der Waals surface area contributed by atoms with Crippen LogP contribution in [0, 0.1) is 0 Å². The molecule has 1 aromatic heterocycles. The summed E-state index contributed by atoms with van der Waals surface area (Å²) in [5.74, 6) is 0.0812. The van der Waals surface area contributed by atoms with Crippen molar-refractivity contribution in [3.8, 4) is 11.4 Å². The van der Waals surface area contributed by atoms with Gasteiger partial charge in [0.15, 0.2) is 0 Å². The van der Waals surface area contributed by atoms with Gasteiger partial charge in [0.25, 0.3) is 5.56 Å². The van der Waals surface area contributed by atoms with Crippen LogP contribution in [0.3, 0.4) is 0 Å². The average molecular weight is 426 g/mol. The fourth-order valence-electron chi connectivity index (χ4n) is 2.78. The Hall–Kier alpha value is -3.30. The second-order valence-corrected chi connectivity index (χ2v) is 8.30. The van der Waals surface area contributed by atoms with Gasteiger partial charge in [-0.05, 0) is 30.7 Å². The minimum Gasteiger partial charge on any atom is -0.326 e. The fourth-order valence-corrected chi connectivity index (χ4v) is 3.83. The number of aromatic nitrogens is 2. The first kappa shape index (κ1) is 21.4. The molecule has 1 heterocycles. The van der Waals surface area contributed by atoms with Crippen LogP contribution in [0.4, 0.5) is 5.69 Å². The molecule has 0 fully saturated rings. The van der Waals surface area contributed by atoms with E-state index in [4.69, 9.17) is 0 Å². The third-order valence-electron chi connectivity index (χ3n) is 4.27. The number of benzene rings is 2. The SMILES string of the molecule is CCc1cc(=O)[nH]c(-c2cccc(NC(=O)CCNS(=O)(=O)c3ccccc3)c2)n1. The number of nitrogens with one attached hydrogen (secondary N) is 3. The van der Waals surface area contributed by atoms with Gasteiger partial charge in [0.05, 0.1) is 4.90 Å². The molecule has 3 rings (SSSR count). The van der Waals surface area contributed by atoms with Gasteiger partial charge in [-0.25, -0.2) is 18.1 Å². The number of hydrogen-bond donors (Lipinski definition) is 3. The molecule has 0 saturated carbocycles. The second kappa shape index (κ2) is 9.47. The van der Waals surface area contributed by atoms with Crippen molar-refractivity contribution in [2.24, 2.45) is 0 Å². The molecule has 156 valence electrons. The zero-order chi connectivity index (χ0) is 21.6. The van der Waals surface area contributed by atoms with E-state index in [-0.39, 0.29) is 29.3 Å². The van der Waals surface area contributed by atoms with Crippen molar-refractivity contribution >= 4 is 21.6 Å². The number of aromatic amines is 1. The molecule has 0 atom stereocenters. The Kier molecular flexibility index (Phi) is 6.76. The van der Waals surface area contributed by atoms with E-state index < -0.39 is 10.0 Å². The van der Waals surface area contributed by atoms with E-state index in [2.05, 4.69) is 20.0 Å². The van der Waals surface area contributed by atoms with Crippen LogP contribution in [0.2, 0.25) is 0 Å². The molecule has 9 heteroatoms. The number of aryl methyl sites for hydroxylation is 1. The Bertz CT molecular complexity index is 1190. The van der Waals surface area contributed by atoms with Crippen molar-refractivity contribution in [1.29, 1.82) is 0 Å². The van der Waals surface area contributed by atoms with Crippen molar-refractivity contribution in [2.45, 2.75) is 24.7 Å². The third-order valence-corrected chi connectivity index (χ3v) is 5.75. The van der Waals surface area contributed by atoms with Crippen LogP contribution in [0.15, 0.2) is 70.4 Å². The lowest BCUT2D eigenvalue weighted by molar-refractivity contribution is -0.116. The summed E-state index contributed by atoms with van der Waals surface area (Å²) in [4.78, 5) is 31.2. The van der Waals surface area contributed by atoms with Crippen molar-refractivity contribution in [1.82, 2.24) is 14.7 Å². The van der Waals surface area contributed by atoms with Crippen LogP contribution in [0.1, 0.15) is 19.0 Å². The standard InChI is InChI=1S/C21H22N4O4S/c1-2-16-14-20(27)25-21(24-16)15-7-6-8-17(13-15)23-19(26)11-12-22-30(28,29)18-9-4-3-5-10-18/h3-10,13-14,22H,2,11-12H2,1H3,(H,23,26)(H,24,25,27). The van der Waals surface area contributed by atoms with Crippen molar-refractivity contribution < 1.29 is 13.2 Å². The van der Waals surface area contributed by atoms with E-state index in [0.29, 0.717) is 29.2 Å². The van der Waals surface area contributed by atoms with Crippen LogP contribution in [0.5, 0.6) is 0 Å². The largest absolute Gasteiger partial charge is 0.326 e. The van der Waals surface area contributed by atoms with Gasteiger partial charge in [-0.1, -0.05) is 37.3 Å². The Morgan fingerprint density at radius 1 is 1.07 bits per heavy atom. The van der Waals surface area contributed by atoms with E-state index in [1.165, 1.54) is 18.2 Å². The number of amides is 1. The first-order chi connectivity index (χ1) is 14.4. The highest BCUT2D eigenvalue weighted by atomic mass is 32.2. The maximum absolute atomic E-state index is 12.2. The van der Waals surface area contributed by atoms with Gasteiger partial charge in [-0.2, -0.15) is 0 Å². The molecule has 8 nitrogen and oxygen atoms in total. The van der Waals surface area contributed by atoms with Crippen LogP contribution in [0.25, 0.3) is 11.4 Å². The number of carbonyl (C=O) groups is 1. The van der Waals surface area contributed by atoms with Gasteiger partial charge in [0, 0.05) is 36.0 Å². The zero-order valence-corrected chi connectivity index (χ0v) is 17.2. The monoisotopic (exact) mass is 426 g/mol. The predicted octanol–water partition coefficient (Wildman–Crippen LogP) is 2.31. The number of nitrogens with zero attached hydrogens (tertiary/aromatic N) is 1. The number of carbonyl (C=O) groups excluding carboxylic acids is 1. The molecule has 0 unspecified atom stereocenters. The molecular weight excluding hydrogens is 404 g/mol.